The zero-order valence-corrected chi connectivity index (χ0v) is 29.2. The van der Waals surface area contributed by atoms with E-state index in [1.807, 2.05) is 52.1 Å². The molecule has 4 atom stereocenters. The van der Waals surface area contributed by atoms with Gasteiger partial charge in [0.2, 0.25) is 23.5 Å². The predicted molar refractivity (Wildman–Crippen MR) is 179 cm³/mol. The van der Waals surface area contributed by atoms with Gasteiger partial charge in [-0.25, -0.2) is 4.79 Å². The monoisotopic (exact) mass is 672 g/mol. The molecule has 1 aromatic rings. The Bertz CT molecular complexity index is 1310. The number of nitrogens with one attached hydrogen (secondary N) is 4. The highest BCUT2D eigenvalue weighted by Crippen LogP contribution is 2.36. The van der Waals surface area contributed by atoms with Gasteiger partial charge in [-0.05, 0) is 60.3 Å². The van der Waals surface area contributed by atoms with Gasteiger partial charge < -0.3 is 31.9 Å². The predicted octanol–water partition coefficient (Wildman–Crippen LogP) is 2.99. The number of nitrogens with zero attached hydrogens (tertiary/aromatic N) is 1. The highest BCUT2D eigenvalue weighted by Gasteiger charge is 2.49. The van der Waals surface area contributed by atoms with Crippen LogP contribution < -0.4 is 27.0 Å². The lowest BCUT2D eigenvalue weighted by atomic mass is 9.80. The Labute approximate surface area is 281 Å². The van der Waals surface area contributed by atoms with Gasteiger partial charge >= 0.3 is 6.03 Å². The van der Waals surface area contributed by atoms with E-state index in [-0.39, 0.29) is 23.7 Å². The maximum Gasteiger partial charge on any atom is 0.316 e. The molecule has 3 aliphatic rings. The summed E-state index contributed by atoms with van der Waals surface area (Å²) in [7, 11) is 0. The Morgan fingerprint density at radius 3 is 2.26 bits per heavy atom. The molecule has 2 aliphatic carbocycles. The van der Waals surface area contributed by atoms with Crippen LogP contribution in [0.25, 0.3) is 0 Å². The number of ketones is 1. The fourth-order valence-corrected chi connectivity index (χ4v) is 7.60. The highest BCUT2D eigenvalue weighted by molar-refractivity contribution is 7.09. The summed E-state index contributed by atoms with van der Waals surface area (Å²) in [6, 6.07) is 0.279. The number of likely N-dealkylation sites (tertiary alicyclic amines) is 1. The summed E-state index contributed by atoms with van der Waals surface area (Å²) in [4.78, 5) is 82.4. The smallest absolute Gasteiger partial charge is 0.316 e. The second-order valence-electron chi connectivity index (χ2n) is 14.9. The van der Waals surface area contributed by atoms with Gasteiger partial charge in [-0.15, -0.1) is 11.3 Å². The molecule has 12 nitrogen and oxygen atoms in total. The molecular formula is C34H52N6O6S. The van der Waals surface area contributed by atoms with Gasteiger partial charge in [0.1, 0.15) is 17.6 Å². The largest absolute Gasteiger partial charge is 0.363 e. The van der Waals surface area contributed by atoms with Gasteiger partial charge in [0.25, 0.3) is 5.91 Å². The number of primary amides is 1. The first-order valence-electron chi connectivity index (χ1n) is 17.0. The van der Waals surface area contributed by atoms with Crippen molar-refractivity contribution in [2.75, 3.05) is 6.54 Å². The minimum atomic E-state index is -1.10. The molecule has 0 radical (unpaired) electrons. The molecule has 2 heterocycles. The van der Waals surface area contributed by atoms with Crippen molar-refractivity contribution in [3.05, 3.63) is 22.4 Å². The average Bonchev–Trinajstić information content (AvgIpc) is 3.47. The van der Waals surface area contributed by atoms with E-state index in [0.717, 1.165) is 37.0 Å². The van der Waals surface area contributed by atoms with E-state index in [1.165, 1.54) is 4.90 Å². The SMILES string of the molecule is CC(C)[C@H]1CCN(C(=O)[C@@H](NC(=O)NC2(C(=O)NCc3cccs3)CCCCC2)C(C)(C)C)[C@@H]1C(=O)NC(CC1CC1)C(=O)C(N)=O. The number of rotatable bonds is 13. The number of carbonyl (C=O) groups is 6. The number of nitrogens with two attached hydrogens (primary N) is 1. The minimum Gasteiger partial charge on any atom is -0.363 e. The number of amides is 6. The molecule has 260 valence electrons. The third-order valence-electron chi connectivity index (χ3n) is 9.88. The van der Waals surface area contributed by atoms with Crippen LogP contribution in [0.3, 0.4) is 0 Å². The van der Waals surface area contributed by atoms with E-state index < -0.39 is 58.6 Å². The number of carbonyl (C=O) groups excluding carboxylic acids is 6. The summed E-state index contributed by atoms with van der Waals surface area (Å²) in [6.07, 6.45) is 6.24. The van der Waals surface area contributed by atoms with E-state index in [9.17, 15) is 28.8 Å². The van der Waals surface area contributed by atoms with Crippen LogP contribution in [0.15, 0.2) is 17.5 Å². The van der Waals surface area contributed by atoms with E-state index in [0.29, 0.717) is 38.8 Å². The van der Waals surface area contributed by atoms with E-state index >= 15 is 0 Å². The molecule has 3 fully saturated rings. The Balaban J connectivity index is 1.52. The standard InChI is InChI=1S/C34H52N6O6S/c1-20(2)23-13-16-40(25(23)29(43)37-24(18-21-11-12-21)26(41)28(35)42)30(44)27(33(3,4)5)38-32(46)39-34(14-7-6-8-15-34)31(45)36-19-22-10-9-17-47-22/h9-10,17,20-21,23-25,27H,6-8,11-16,18-19H2,1-5H3,(H2,35,42)(H,36,45)(H,37,43)(H2,38,39,46)/t23-,24?,25+,27-/m1/s1. The molecule has 1 aromatic heterocycles. The minimum absolute atomic E-state index is 0.0421. The van der Waals surface area contributed by atoms with Gasteiger partial charge in [0, 0.05) is 11.4 Å². The third-order valence-corrected chi connectivity index (χ3v) is 10.8. The molecule has 1 aliphatic heterocycles. The molecular weight excluding hydrogens is 620 g/mol. The second-order valence-corrected chi connectivity index (χ2v) is 16.0. The average molecular weight is 673 g/mol. The van der Waals surface area contributed by atoms with Crippen LogP contribution in [0.4, 0.5) is 4.79 Å². The summed E-state index contributed by atoms with van der Waals surface area (Å²) < 4.78 is 0. The molecule has 0 aromatic carbocycles. The van der Waals surface area contributed by atoms with Gasteiger partial charge in [-0.2, -0.15) is 0 Å². The van der Waals surface area contributed by atoms with Crippen LogP contribution in [-0.2, 0) is 30.5 Å². The quantitative estimate of drug-likeness (QED) is 0.201. The summed E-state index contributed by atoms with van der Waals surface area (Å²) in [5.41, 5.74) is 3.46. The molecule has 0 bridgehead atoms. The number of Topliss-reactive ketones (excluding diaryl/α,β-unsaturated/α-hetero) is 1. The lowest BCUT2D eigenvalue weighted by Gasteiger charge is -2.39. The van der Waals surface area contributed by atoms with Crippen molar-refractivity contribution in [1.29, 1.82) is 0 Å². The zero-order chi connectivity index (χ0) is 34.5. The molecule has 6 amide bonds. The topological polar surface area (TPSA) is 180 Å². The van der Waals surface area contributed by atoms with Crippen molar-refractivity contribution >= 4 is 46.8 Å². The van der Waals surface area contributed by atoms with E-state index in [2.05, 4.69) is 21.3 Å². The van der Waals surface area contributed by atoms with Gasteiger partial charge in [-0.3, -0.25) is 24.0 Å². The first-order chi connectivity index (χ1) is 22.1. The molecule has 1 saturated heterocycles. The van der Waals surface area contributed by atoms with Crippen LogP contribution in [0.2, 0.25) is 0 Å². The summed E-state index contributed by atoms with van der Waals surface area (Å²) in [6.45, 7) is 10.1. The van der Waals surface area contributed by atoms with Gasteiger partial charge in [-0.1, -0.05) is 72.8 Å². The van der Waals surface area contributed by atoms with Crippen molar-refractivity contribution in [3.8, 4) is 0 Å². The van der Waals surface area contributed by atoms with Crippen molar-refractivity contribution in [2.45, 2.75) is 123 Å². The first kappa shape index (κ1) is 36.4. The van der Waals surface area contributed by atoms with Crippen molar-refractivity contribution in [3.63, 3.8) is 0 Å². The second kappa shape index (κ2) is 15.2. The Morgan fingerprint density at radius 2 is 1.70 bits per heavy atom. The maximum atomic E-state index is 14.4. The van der Waals surface area contributed by atoms with Crippen molar-refractivity contribution < 1.29 is 28.8 Å². The lowest BCUT2D eigenvalue weighted by molar-refractivity contribution is -0.144. The Kier molecular flexibility index (Phi) is 11.7. The fraction of sp³-hybridized carbons (Fsp3) is 0.706. The lowest BCUT2D eigenvalue weighted by Crippen LogP contribution is -2.65. The van der Waals surface area contributed by atoms with Crippen molar-refractivity contribution in [2.24, 2.45) is 28.9 Å². The van der Waals surface area contributed by atoms with E-state index in [4.69, 9.17) is 5.73 Å². The normalized spacial score (nSPS) is 22.2. The number of urea groups is 1. The molecule has 47 heavy (non-hydrogen) atoms. The van der Waals surface area contributed by atoms with Crippen LogP contribution in [0.5, 0.6) is 0 Å². The maximum absolute atomic E-state index is 14.4. The van der Waals surface area contributed by atoms with Crippen LogP contribution >= 0.6 is 11.3 Å². The zero-order valence-electron chi connectivity index (χ0n) is 28.4. The molecule has 0 spiro atoms. The Hall–Kier alpha value is -3.48. The van der Waals surface area contributed by atoms with Gasteiger partial charge in [0.05, 0.1) is 12.6 Å². The van der Waals surface area contributed by atoms with Gasteiger partial charge in [0.15, 0.2) is 0 Å². The van der Waals surface area contributed by atoms with E-state index in [1.54, 1.807) is 11.3 Å². The summed E-state index contributed by atoms with van der Waals surface area (Å²) in [5, 5.41) is 13.5. The molecule has 13 heteroatoms. The summed E-state index contributed by atoms with van der Waals surface area (Å²) in [5.74, 6) is -3.03. The number of hydrogen-bond acceptors (Lipinski definition) is 7. The highest BCUT2D eigenvalue weighted by atomic mass is 32.1. The third kappa shape index (κ3) is 9.11. The number of thiophene rings is 1. The molecule has 2 saturated carbocycles. The fourth-order valence-electron chi connectivity index (χ4n) is 6.96. The first-order valence-corrected chi connectivity index (χ1v) is 17.8. The number of hydrogen-bond donors (Lipinski definition) is 5. The van der Waals surface area contributed by atoms with Crippen molar-refractivity contribution in [1.82, 2.24) is 26.2 Å². The molecule has 1 unspecified atom stereocenters. The Morgan fingerprint density at radius 1 is 1.02 bits per heavy atom. The van der Waals surface area contributed by atoms with Crippen LogP contribution in [-0.4, -0.2) is 70.6 Å². The van der Waals surface area contributed by atoms with Crippen LogP contribution in [0, 0.1) is 23.2 Å². The summed E-state index contributed by atoms with van der Waals surface area (Å²) >= 11 is 1.54. The molecule has 4 rings (SSSR count). The van der Waals surface area contributed by atoms with Crippen LogP contribution in [0.1, 0.15) is 97.3 Å². The molecule has 6 N–H and O–H groups in total.